The summed E-state index contributed by atoms with van der Waals surface area (Å²) in [6.45, 7) is 1.86. The van der Waals surface area contributed by atoms with Gasteiger partial charge in [0, 0.05) is 38.4 Å². The molecule has 1 spiro atoms. The Labute approximate surface area is 101 Å². The first kappa shape index (κ1) is 11.2. The first-order chi connectivity index (χ1) is 8.02. The normalized spacial score (nSPS) is 24.1. The van der Waals surface area contributed by atoms with E-state index in [0.717, 1.165) is 19.4 Å². The SMILES string of the molecule is Cn1cc(S(=O)(=O)N2CCNC3(CC3)C2)cn1. The molecule has 0 radical (unpaired) electrons. The summed E-state index contributed by atoms with van der Waals surface area (Å²) >= 11 is 0. The third-order valence-electron chi connectivity index (χ3n) is 3.51. The lowest BCUT2D eigenvalue weighted by molar-refractivity contribution is 0.285. The van der Waals surface area contributed by atoms with Crippen molar-refractivity contribution in [2.24, 2.45) is 7.05 Å². The Kier molecular flexibility index (Phi) is 2.33. The van der Waals surface area contributed by atoms with Crippen LogP contribution in [0.25, 0.3) is 0 Å². The lowest BCUT2D eigenvalue weighted by atomic mass is 10.2. The van der Waals surface area contributed by atoms with Crippen LogP contribution in [0.5, 0.6) is 0 Å². The van der Waals surface area contributed by atoms with Gasteiger partial charge in [-0.25, -0.2) is 8.42 Å². The second-order valence-corrected chi connectivity index (χ2v) is 6.83. The summed E-state index contributed by atoms with van der Waals surface area (Å²) < 4.78 is 27.8. The highest BCUT2D eigenvalue weighted by atomic mass is 32.2. The number of nitrogens with zero attached hydrogens (tertiary/aromatic N) is 3. The molecule has 1 aliphatic heterocycles. The molecule has 0 bridgehead atoms. The van der Waals surface area contributed by atoms with E-state index in [2.05, 4.69) is 10.4 Å². The van der Waals surface area contributed by atoms with Crippen LogP contribution in [0.3, 0.4) is 0 Å². The molecule has 7 heteroatoms. The zero-order chi connectivity index (χ0) is 12.1. The minimum Gasteiger partial charge on any atom is -0.309 e. The van der Waals surface area contributed by atoms with E-state index in [0.29, 0.717) is 13.1 Å². The number of nitrogens with one attached hydrogen (secondary N) is 1. The third-order valence-corrected chi connectivity index (χ3v) is 5.31. The average molecular weight is 256 g/mol. The molecule has 2 aliphatic rings. The third kappa shape index (κ3) is 1.88. The Morgan fingerprint density at radius 1 is 1.47 bits per heavy atom. The first-order valence-corrected chi connectivity index (χ1v) is 7.20. The van der Waals surface area contributed by atoms with Gasteiger partial charge in [0.15, 0.2) is 0 Å². The molecule has 0 amide bonds. The van der Waals surface area contributed by atoms with Gasteiger partial charge in [0.2, 0.25) is 10.0 Å². The number of rotatable bonds is 2. The van der Waals surface area contributed by atoms with E-state index in [9.17, 15) is 8.42 Å². The van der Waals surface area contributed by atoms with E-state index in [-0.39, 0.29) is 10.4 Å². The van der Waals surface area contributed by atoms with E-state index in [4.69, 9.17) is 0 Å². The Bertz CT molecular complexity index is 532. The van der Waals surface area contributed by atoms with E-state index in [1.165, 1.54) is 10.9 Å². The van der Waals surface area contributed by atoms with E-state index in [1.54, 1.807) is 17.5 Å². The van der Waals surface area contributed by atoms with Crippen molar-refractivity contribution < 1.29 is 8.42 Å². The lowest BCUT2D eigenvalue weighted by Gasteiger charge is -2.32. The zero-order valence-corrected chi connectivity index (χ0v) is 10.6. The topological polar surface area (TPSA) is 67.2 Å². The number of aryl methyl sites for hydroxylation is 1. The minimum atomic E-state index is -3.36. The predicted octanol–water partition coefficient (Wildman–Crippen LogP) is -0.453. The molecule has 1 N–H and O–H groups in total. The molecular weight excluding hydrogens is 240 g/mol. The number of hydrogen-bond donors (Lipinski definition) is 1. The van der Waals surface area contributed by atoms with Crippen LogP contribution in [0.2, 0.25) is 0 Å². The predicted molar refractivity (Wildman–Crippen MR) is 61.9 cm³/mol. The van der Waals surface area contributed by atoms with Gasteiger partial charge in [-0.05, 0) is 12.8 Å². The van der Waals surface area contributed by atoms with E-state index < -0.39 is 10.0 Å². The summed E-state index contributed by atoms with van der Waals surface area (Å²) in [5.41, 5.74) is 0.0630. The Balaban J connectivity index is 1.87. The van der Waals surface area contributed by atoms with Gasteiger partial charge in [-0.3, -0.25) is 4.68 Å². The van der Waals surface area contributed by atoms with Crippen molar-refractivity contribution in [2.45, 2.75) is 23.3 Å². The minimum absolute atomic E-state index is 0.0630. The van der Waals surface area contributed by atoms with Gasteiger partial charge in [-0.15, -0.1) is 0 Å². The average Bonchev–Trinajstić information content (AvgIpc) is 2.88. The molecule has 3 rings (SSSR count). The summed E-state index contributed by atoms with van der Waals surface area (Å²) in [7, 11) is -1.64. The second kappa shape index (κ2) is 3.54. The van der Waals surface area contributed by atoms with Crippen LogP contribution in [-0.4, -0.2) is 47.7 Å². The van der Waals surface area contributed by atoms with Crippen molar-refractivity contribution in [3.8, 4) is 0 Å². The largest absolute Gasteiger partial charge is 0.309 e. The molecular formula is C10H16N4O2S. The maximum absolute atomic E-state index is 12.4. The maximum Gasteiger partial charge on any atom is 0.246 e. The van der Waals surface area contributed by atoms with Crippen molar-refractivity contribution in [3.05, 3.63) is 12.4 Å². The molecule has 94 valence electrons. The van der Waals surface area contributed by atoms with Crippen molar-refractivity contribution in [1.82, 2.24) is 19.4 Å². The van der Waals surface area contributed by atoms with Crippen molar-refractivity contribution in [1.29, 1.82) is 0 Å². The zero-order valence-electron chi connectivity index (χ0n) is 9.76. The Hall–Kier alpha value is -0.920. The molecule has 6 nitrogen and oxygen atoms in total. The molecule has 17 heavy (non-hydrogen) atoms. The molecule has 2 heterocycles. The molecule has 2 fully saturated rings. The summed E-state index contributed by atoms with van der Waals surface area (Å²) in [4.78, 5) is 0.290. The second-order valence-electron chi connectivity index (χ2n) is 4.90. The number of sulfonamides is 1. The van der Waals surface area contributed by atoms with Gasteiger partial charge in [0.05, 0.1) is 6.20 Å². The quantitative estimate of drug-likeness (QED) is 0.778. The highest BCUT2D eigenvalue weighted by Crippen LogP contribution is 2.38. The van der Waals surface area contributed by atoms with Crippen LogP contribution >= 0.6 is 0 Å². The van der Waals surface area contributed by atoms with Gasteiger partial charge < -0.3 is 5.32 Å². The number of hydrogen-bond acceptors (Lipinski definition) is 4. The Morgan fingerprint density at radius 2 is 2.24 bits per heavy atom. The molecule has 1 aromatic heterocycles. The smallest absolute Gasteiger partial charge is 0.246 e. The summed E-state index contributed by atoms with van der Waals surface area (Å²) in [5.74, 6) is 0. The fraction of sp³-hybridized carbons (Fsp3) is 0.700. The van der Waals surface area contributed by atoms with Crippen molar-refractivity contribution >= 4 is 10.0 Å². The molecule has 0 unspecified atom stereocenters. The molecule has 1 aromatic rings. The van der Waals surface area contributed by atoms with Crippen LogP contribution in [0, 0.1) is 0 Å². The molecule has 0 aromatic carbocycles. The summed E-state index contributed by atoms with van der Waals surface area (Å²) in [6.07, 6.45) is 5.12. The summed E-state index contributed by atoms with van der Waals surface area (Å²) in [6, 6.07) is 0. The highest BCUT2D eigenvalue weighted by molar-refractivity contribution is 7.89. The van der Waals surface area contributed by atoms with E-state index >= 15 is 0 Å². The molecule has 1 saturated carbocycles. The fourth-order valence-electron chi connectivity index (χ4n) is 2.29. The maximum atomic E-state index is 12.4. The van der Waals surface area contributed by atoms with Crippen LogP contribution < -0.4 is 5.32 Å². The van der Waals surface area contributed by atoms with Gasteiger partial charge in [0.25, 0.3) is 0 Å². The fourth-order valence-corrected chi connectivity index (χ4v) is 3.80. The first-order valence-electron chi connectivity index (χ1n) is 5.76. The standard InChI is InChI=1S/C10H16N4O2S/c1-13-7-9(6-12-13)17(15,16)14-5-4-11-10(8-14)2-3-10/h6-7,11H,2-5,8H2,1H3. The molecule has 1 saturated heterocycles. The van der Waals surface area contributed by atoms with E-state index in [1.807, 2.05) is 0 Å². The monoisotopic (exact) mass is 256 g/mol. The van der Waals surface area contributed by atoms with Crippen LogP contribution in [0.4, 0.5) is 0 Å². The number of aromatic nitrogens is 2. The number of piperazine rings is 1. The van der Waals surface area contributed by atoms with Crippen LogP contribution in [-0.2, 0) is 17.1 Å². The van der Waals surface area contributed by atoms with Crippen molar-refractivity contribution in [2.75, 3.05) is 19.6 Å². The van der Waals surface area contributed by atoms with Gasteiger partial charge in [0.1, 0.15) is 4.90 Å². The van der Waals surface area contributed by atoms with Gasteiger partial charge >= 0.3 is 0 Å². The van der Waals surface area contributed by atoms with Gasteiger partial charge in [-0.2, -0.15) is 9.40 Å². The lowest BCUT2D eigenvalue weighted by Crippen LogP contribution is -2.54. The summed E-state index contributed by atoms with van der Waals surface area (Å²) in [5, 5.41) is 7.33. The van der Waals surface area contributed by atoms with Crippen LogP contribution in [0.1, 0.15) is 12.8 Å². The molecule has 1 aliphatic carbocycles. The van der Waals surface area contributed by atoms with Crippen LogP contribution in [0.15, 0.2) is 17.3 Å². The highest BCUT2D eigenvalue weighted by Gasteiger charge is 2.48. The molecule has 0 atom stereocenters. The van der Waals surface area contributed by atoms with Crippen molar-refractivity contribution in [3.63, 3.8) is 0 Å². The van der Waals surface area contributed by atoms with Gasteiger partial charge in [-0.1, -0.05) is 0 Å². The Morgan fingerprint density at radius 3 is 2.82 bits per heavy atom.